The number of para-hydroxylation sites is 1. The molecule has 0 saturated carbocycles. The molecule has 5 aromatic rings. The van der Waals surface area contributed by atoms with E-state index in [4.69, 9.17) is 9.47 Å². The molecule has 0 spiro atoms. The summed E-state index contributed by atoms with van der Waals surface area (Å²) in [4.78, 5) is 34.0. The molecule has 0 fully saturated rings. The molecule has 6 nitrogen and oxygen atoms in total. The van der Waals surface area contributed by atoms with Gasteiger partial charge in [-0.1, -0.05) is 60.7 Å². The molecule has 0 bridgehead atoms. The summed E-state index contributed by atoms with van der Waals surface area (Å²) < 4.78 is 10.9. The molecule has 0 aliphatic carbocycles. The highest BCUT2D eigenvalue weighted by Gasteiger charge is 2.20. The lowest BCUT2D eigenvalue weighted by Gasteiger charge is -2.06. The summed E-state index contributed by atoms with van der Waals surface area (Å²) in [7, 11) is 0. The molecular formula is C27H22N2O4S. The molecule has 0 amide bonds. The Hall–Kier alpha value is -3.97. The summed E-state index contributed by atoms with van der Waals surface area (Å²) in [5.74, 6) is 0.796. The van der Waals surface area contributed by atoms with Crippen molar-refractivity contribution in [1.82, 2.24) is 9.97 Å². The van der Waals surface area contributed by atoms with E-state index in [1.165, 1.54) is 11.3 Å². The van der Waals surface area contributed by atoms with Crippen LogP contribution in [-0.4, -0.2) is 29.2 Å². The summed E-state index contributed by atoms with van der Waals surface area (Å²) in [6, 6.07) is 23.5. The minimum Gasteiger partial charge on any atom is -0.490 e. The number of benzene rings is 3. The first kappa shape index (κ1) is 21.9. The number of fused-ring (bicyclic) bond motifs is 2. The lowest BCUT2D eigenvalue weighted by molar-refractivity contribution is 0.0455. The monoisotopic (exact) mass is 470 g/mol. The number of aryl methyl sites for hydroxylation is 1. The molecule has 0 atom stereocenters. The van der Waals surface area contributed by atoms with Crippen molar-refractivity contribution < 1.29 is 14.3 Å². The van der Waals surface area contributed by atoms with Gasteiger partial charge >= 0.3 is 5.97 Å². The van der Waals surface area contributed by atoms with Gasteiger partial charge in [0.15, 0.2) is 0 Å². The van der Waals surface area contributed by atoms with Gasteiger partial charge in [0.05, 0.1) is 5.39 Å². The van der Waals surface area contributed by atoms with Crippen LogP contribution in [0, 0.1) is 6.92 Å². The summed E-state index contributed by atoms with van der Waals surface area (Å²) in [5.41, 5.74) is 1.41. The number of aromatic amines is 1. The van der Waals surface area contributed by atoms with Crippen molar-refractivity contribution in [2.24, 2.45) is 0 Å². The Kier molecular flexibility index (Phi) is 6.10. The van der Waals surface area contributed by atoms with E-state index >= 15 is 0 Å². The van der Waals surface area contributed by atoms with Gasteiger partial charge in [-0.25, -0.2) is 9.78 Å². The van der Waals surface area contributed by atoms with E-state index < -0.39 is 5.97 Å². The zero-order chi connectivity index (χ0) is 23.5. The molecule has 7 heteroatoms. The van der Waals surface area contributed by atoms with Crippen LogP contribution >= 0.6 is 11.3 Å². The first-order chi connectivity index (χ1) is 16.6. The van der Waals surface area contributed by atoms with Gasteiger partial charge in [-0.15, -0.1) is 11.3 Å². The van der Waals surface area contributed by atoms with E-state index in [1.807, 2.05) is 54.6 Å². The number of rotatable bonds is 7. The number of nitrogens with one attached hydrogen (secondary N) is 1. The third kappa shape index (κ3) is 4.43. The van der Waals surface area contributed by atoms with Crippen LogP contribution in [0.25, 0.3) is 21.0 Å². The maximum absolute atomic E-state index is 12.9. The van der Waals surface area contributed by atoms with Crippen LogP contribution < -0.4 is 10.3 Å². The largest absolute Gasteiger partial charge is 0.490 e. The maximum atomic E-state index is 12.9. The SMILES string of the molecule is Cc1c(C(=O)OCCOc2ccccc2)sc2nc(Cc3cccc4ccccc34)[nH]c(=O)c12. The smallest absolute Gasteiger partial charge is 0.348 e. The summed E-state index contributed by atoms with van der Waals surface area (Å²) >= 11 is 1.18. The fourth-order valence-corrected chi connectivity index (χ4v) is 5.06. The number of ether oxygens (including phenoxy) is 2. The highest BCUT2D eigenvalue weighted by atomic mass is 32.1. The number of aromatic nitrogens is 2. The minimum absolute atomic E-state index is 0.109. The van der Waals surface area contributed by atoms with E-state index in [1.54, 1.807) is 6.92 Å². The average Bonchev–Trinajstić information content (AvgIpc) is 3.19. The van der Waals surface area contributed by atoms with Crippen molar-refractivity contribution in [1.29, 1.82) is 0 Å². The van der Waals surface area contributed by atoms with Crippen LogP contribution in [0.2, 0.25) is 0 Å². The molecule has 1 N–H and O–H groups in total. The quantitative estimate of drug-likeness (QED) is 0.259. The van der Waals surface area contributed by atoms with Gasteiger partial charge in [0.2, 0.25) is 0 Å². The normalized spacial score (nSPS) is 11.1. The lowest BCUT2D eigenvalue weighted by atomic mass is 10.0. The van der Waals surface area contributed by atoms with Crippen molar-refractivity contribution in [3.8, 4) is 5.75 Å². The van der Waals surface area contributed by atoms with Gasteiger partial charge < -0.3 is 14.5 Å². The molecular weight excluding hydrogens is 448 g/mol. The van der Waals surface area contributed by atoms with Gasteiger partial charge in [0.25, 0.3) is 5.56 Å². The maximum Gasteiger partial charge on any atom is 0.348 e. The van der Waals surface area contributed by atoms with Crippen LogP contribution in [0.3, 0.4) is 0 Å². The van der Waals surface area contributed by atoms with Gasteiger partial charge in [-0.2, -0.15) is 0 Å². The molecule has 5 rings (SSSR count). The first-order valence-corrected chi connectivity index (χ1v) is 11.8. The van der Waals surface area contributed by atoms with Gasteiger partial charge in [0, 0.05) is 6.42 Å². The van der Waals surface area contributed by atoms with E-state index in [0.29, 0.717) is 38.7 Å². The molecule has 0 aliphatic heterocycles. The Labute approximate surface area is 199 Å². The molecule has 170 valence electrons. The molecule has 2 heterocycles. The number of carbonyl (C=O) groups excluding carboxylic acids is 1. The Morgan fingerprint density at radius 3 is 2.59 bits per heavy atom. The highest BCUT2D eigenvalue weighted by Crippen LogP contribution is 2.28. The standard InChI is InChI=1S/C27H22N2O4S/c1-17-23-25(30)28-22(16-19-10-7-9-18-8-5-6-13-21(18)19)29-26(23)34-24(17)27(31)33-15-14-32-20-11-3-2-4-12-20/h2-13H,14-16H2,1H3,(H,28,29,30). The number of hydrogen-bond acceptors (Lipinski definition) is 6. The Balaban J connectivity index is 1.34. The number of carbonyl (C=O) groups is 1. The summed E-state index contributed by atoms with van der Waals surface area (Å²) in [5, 5.41) is 2.69. The molecule has 3 aromatic carbocycles. The predicted octanol–water partition coefficient (Wildman–Crippen LogP) is 5.27. The Morgan fingerprint density at radius 1 is 0.971 bits per heavy atom. The lowest BCUT2D eigenvalue weighted by Crippen LogP contribution is -2.13. The van der Waals surface area contributed by atoms with Crippen molar-refractivity contribution >= 4 is 38.3 Å². The van der Waals surface area contributed by atoms with Crippen molar-refractivity contribution in [2.45, 2.75) is 13.3 Å². The number of esters is 1. The van der Waals surface area contributed by atoms with E-state index in [0.717, 1.165) is 16.3 Å². The number of thiophene rings is 1. The zero-order valence-corrected chi connectivity index (χ0v) is 19.4. The summed E-state index contributed by atoms with van der Waals surface area (Å²) in [6.45, 7) is 2.10. The van der Waals surface area contributed by atoms with Crippen molar-refractivity contribution in [2.75, 3.05) is 13.2 Å². The molecule has 0 radical (unpaired) electrons. The van der Waals surface area contributed by atoms with Crippen molar-refractivity contribution in [3.05, 3.63) is 105 Å². The Bertz CT molecular complexity index is 1530. The topological polar surface area (TPSA) is 81.3 Å². The second-order valence-corrected chi connectivity index (χ2v) is 8.86. The van der Waals surface area contributed by atoms with Gasteiger partial charge in [0.1, 0.15) is 34.5 Å². The molecule has 34 heavy (non-hydrogen) atoms. The van der Waals surface area contributed by atoms with Crippen LogP contribution in [0.1, 0.15) is 26.6 Å². The predicted molar refractivity (Wildman–Crippen MR) is 134 cm³/mol. The van der Waals surface area contributed by atoms with E-state index in [9.17, 15) is 9.59 Å². The highest BCUT2D eigenvalue weighted by molar-refractivity contribution is 7.20. The fraction of sp³-hybridized carbons (Fsp3) is 0.148. The fourth-order valence-electron chi connectivity index (χ4n) is 3.97. The Morgan fingerprint density at radius 2 is 1.74 bits per heavy atom. The number of hydrogen-bond donors (Lipinski definition) is 1. The average molecular weight is 471 g/mol. The number of H-pyrrole nitrogens is 1. The molecule has 0 unspecified atom stereocenters. The second kappa shape index (κ2) is 9.49. The number of nitrogens with zero attached hydrogens (tertiary/aromatic N) is 1. The minimum atomic E-state index is -0.479. The van der Waals surface area contributed by atoms with E-state index in [-0.39, 0.29) is 18.8 Å². The second-order valence-electron chi connectivity index (χ2n) is 7.86. The van der Waals surface area contributed by atoms with E-state index in [2.05, 4.69) is 28.2 Å². The van der Waals surface area contributed by atoms with Gasteiger partial charge in [-0.3, -0.25) is 4.79 Å². The van der Waals surface area contributed by atoms with Crippen LogP contribution in [-0.2, 0) is 11.2 Å². The first-order valence-electron chi connectivity index (χ1n) is 10.9. The third-order valence-corrected chi connectivity index (χ3v) is 6.77. The summed E-state index contributed by atoms with van der Waals surface area (Å²) in [6.07, 6.45) is 0.486. The van der Waals surface area contributed by atoms with Crippen LogP contribution in [0.4, 0.5) is 0 Å². The van der Waals surface area contributed by atoms with Crippen LogP contribution in [0.15, 0.2) is 77.6 Å². The van der Waals surface area contributed by atoms with Gasteiger partial charge in [-0.05, 0) is 41.0 Å². The zero-order valence-electron chi connectivity index (χ0n) is 18.5. The third-order valence-electron chi connectivity index (χ3n) is 5.60. The molecule has 2 aromatic heterocycles. The molecule has 0 aliphatic rings. The van der Waals surface area contributed by atoms with Crippen molar-refractivity contribution in [3.63, 3.8) is 0 Å². The molecule has 0 saturated heterocycles. The van der Waals surface area contributed by atoms with Crippen LogP contribution in [0.5, 0.6) is 5.75 Å².